The molecule has 4 aromatic rings. The normalized spacial score (nSPS) is 22.1. The predicted octanol–water partition coefficient (Wildman–Crippen LogP) is 7.15. The fraction of sp³-hybridized carbons (Fsp3) is 0.519. The number of benzene rings is 3. The average molecular weight is 1010 g/mol. The van der Waals surface area contributed by atoms with Crippen LogP contribution >= 0.6 is 22.9 Å². The van der Waals surface area contributed by atoms with Gasteiger partial charge in [0.05, 0.1) is 44.9 Å². The van der Waals surface area contributed by atoms with Crippen LogP contribution in [0.5, 0.6) is 5.75 Å². The smallest absolute Gasteiger partial charge is 0.251 e. The molecular weight excluding hydrogens is 940 g/mol. The minimum atomic E-state index is -0.969. The minimum absolute atomic E-state index is 0.0180. The van der Waals surface area contributed by atoms with E-state index in [4.69, 9.17) is 21.1 Å². The van der Waals surface area contributed by atoms with Gasteiger partial charge in [0.15, 0.2) is 0 Å². The number of carbonyl (C=O) groups excluding carboxylic acids is 4. The van der Waals surface area contributed by atoms with Gasteiger partial charge in [-0.3, -0.25) is 24.1 Å². The van der Waals surface area contributed by atoms with Crippen molar-refractivity contribution in [3.63, 3.8) is 0 Å². The second-order valence-corrected chi connectivity index (χ2v) is 22.9. The lowest BCUT2D eigenvalue weighted by molar-refractivity contribution is -0.164. The number of thiazole rings is 1. The number of hydrogen-bond acceptors (Lipinski definition) is 12. The van der Waals surface area contributed by atoms with Crippen LogP contribution in [0.1, 0.15) is 102 Å². The van der Waals surface area contributed by atoms with Gasteiger partial charge < -0.3 is 40.3 Å². The number of hydrogen-bond donors (Lipinski definition) is 4. The molecule has 1 aromatic heterocycles. The highest BCUT2D eigenvalue weighted by Gasteiger charge is 2.64. The molecule has 7 rings (SSSR count). The number of nitrogens with one attached hydrogen (secondary N) is 3. The molecule has 3 heterocycles. The summed E-state index contributed by atoms with van der Waals surface area (Å²) in [6, 6.07) is 20.4. The number of likely N-dealkylation sites (tertiary alicyclic amines) is 1. The Morgan fingerprint density at radius 1 is 0.958 bits per heavy atom. The van der Waals surface area contributed by atoms with Gasteiger partial charge in [-0.15, -0.1) is 11.3 Å². The number of ether oxygens (including phenoxy) is 2. The molecule has 5 atom stereocenters. The van der Waals surface area contributed by atoms with E-state index in [1.165, 1.54) is 4.90 Å². The van der Waals surface area contributed by atoms with Crippen molar-refractivity contribution >= 4 is 52.3 Å². The molecule has 15 nitrogen and oxygen atoms in total. The first-order valence-corrected chi connectivity index (χ1v) is 25.7. The van der Waals surface area contributed by atoms with E-state index in [0.29, 0.717) is 28.4 Å². The highest BCUT2D eigenvalue weighted by molar-refractivity contribution is 7.13. The maximum absolute atomic E-state index is 14.2. The first-order chi connectivity index (χ1) is 33.5. The topological polar surface area (TPSA) is 189 Å². The summed E-state index contributed by atoms with van der Waals surface area (Å²) in [5.74, 6) is -0.811. The molecule has 4 N–H and O–H groups in total. The quantitative estimate of drug-likeness (QED) is 0.0892. The largest absolute Gasteiger partial charge is 0.489 e. The first kappa shape index (κ1) is 53.2. The molecule has 2 saturated heterocycles. The number of rotatable bonds is 16. The van der Waals surface area contributed by atoms with Crippen molar-refractivity contribution in [2.75, 3.05) is 50.8 Å². The Morgan fingerprint density at radius 2 is 1.62 bits per heavy atom. The Kier molecular flexibility index (Phi) is 16.2. The number of halogens is 1. The third-order valence-corrected chi connectivity index (χ3v) is 15.7. The molecule has 3 aliphatic rings. The standard InChI is InChI=1S/C54H69ClN8O7S/c1-32(28-61-21-23-62(24-22-61)39-18-15-37(16-19-39)47(66)60-50-53(7,8)51(54(50,9)10)70-41-20-17-38(27-56)42(55)26-41)69-30-44(65)59-46(52(4,5)6)49(68)63-29-40(64)25-43(63)48(67)58-33(2)35-11-13-36(14-12-35)45-34(3)57-31-71-45/h11-20,26,31-33,40,43,46,50-51,64H,21-25,28-30H2,1-10H3,(H,58,67)(H,59,65)(H,60,66)/t32-,33-,40+,43?,46+,50?,51?/m0/s1. The van der Waals surface area contributed by atoms with Crippen LogP contribution in [0.15, 0.2) is 72.2 Å². The molecule has 0 bridgehead atoms. The lowest BCUT2D eigenvalue weighted by Gasteiger charge is -2.63. The zero-order valence-electron chi connectivity index (χ0n) is 42.5. The summed E-state index contributed by atoms with van der Waals surface area (Å²) in [5, 5.41) is 29.5. The van der Waals surface area contributed by atoms with Gasteiger partial charge >= 0.3 is 0 Å². The van der Waals surface area contributed by atoms with Crippen LogP contribution in [0.25, 0.3) is 10.4 Å². The van der Waals surface area contributed by atoms with Crippen molar-refractivity contribution in [3.8, 4) is 22.3 Å². The van der Waals surface area contributed by atoms with Crippen LogP contribution in [-0.2, 0) is 19.1 Å². The molecule has 1 saturated carbocycles. The van der Waals surface area contributed by atoms with E-state index in [9.17, 15) is 29.5 Å². The first-order valence-electron chi connectivity index (χ1n) is 24.4. The molecule has 3 aromatic carbocycles. The van der Waals surface area contributed by atoms with E-state index in [1.807, 2.05) is 95.6 Å². The van der Waals surface area contributed by atoms with Crippen molar-refractivity contribution in [2.45, 2.75) is 118 Å². The van der Waals surface area contributed by atoms with Gasteiger partial charge in [-0.1, -0.05) is 84.3 Å². The fourth-order valence-electron chi connectivity index (χ4n) is 10.7. The van der Waals surface area contributed by atoms with Gasteiger partial charge in [0.1, 0.15) is 36.6 Å². The molecule has 1 aliphatic carbocycles. The van der Waals surface area contributed by atoms with Crippen LogP contribution in [-0.4, -0.2) is 126 Å². The van der Waals surface area contributed by atoms with Crippen LogP contribution < -0.4 is 25.6 Å². The number of nitriles is 1. The SMILES string of the molecule is Cc1ncsc1-c1ccc([C@H](C)NC(=O)C2C[C@@H](O)CN2C(=O)[C@@H](NC(=O)CO[C@@H](C)CN2CCN(c3ccc(C(=O)NC4C(C)(C)C(Oc5ccc(C#N)c(Cl)c5)C4(C)C)cc3)CC2)C(C)(C)C)cc1. The number of amides is 4. The number of carbonyl (C=O) groups is 4. The van der Waals surface area contributed by atoms with E-state index in [1.54, 1.807) is 29.5 Å². The third-order valence-electron chi connectivity index (χ3n) is 14.4. The summed E-state index contributed by atoms with van der Waals surface area (Å²) in [6.07, 6.45) is -1.27. The van der Waals surface area contributed by atoms with Gasteiger partial charge in [0, 0.05) is 79.9 Å². The molecule has 0 radical (unpaired) electrons. The van der Waals surface area contributed by atoms with E-state index in [-0.39, 0.29) is 66.5 Å². The van der Waals surface area contributed by atoms with E-state index < -0.39 is 35.4 Å². The van der Waals surface area contributed by atoms with Gasteiger partial charge in [-0.2, -0.15) is 5.26 Å². The van der Waals surface area contributed by atoms with Crippen LogP contribution in [0.4, 0.5) is 5.69 Å². The number of aromatic nitrogens is 1. The zero-order valence-corrected chi connectivity index (χ0v) is 44.1. The van der Waals surface area contributed by atoms with Gasteiger partial charge in [0.25, 0.3) is 5.91 Å². The van der Waals surface area contributed by atoms with E-state index >= 15 is 0 Å². The summed E-state index contributed by atoms with van der Waals surface area (Å²) in [7, 11) is 0. The summed E-state index contributed by atoms with van der Waals surface area (Å²) in [5.41, 5.74) is 5.24. The minimum Gasteiger partial charge on any atom is -0.489 e. The lowest BCUT2D eigenvalue weighted by atomic mass is 9.49. The second kappa shape index (κ2) is 21.6. The Labute approximate surface area is 427 Å². The molecule has 17 heteroatoms. The van der Waals surface area contributed by atoms with Gasteiger partial charge in [-0.05, 0) is 73.7 Å². The van der Waals surface area contributed by atoms with Crippen molar-refractivity contribution in [1.29, 1.82) is 5.26 Å². The average Bonchev–Trinajstić information content (AvgIpc) is 3.95. The van der Waals surface area contributed by atoms with Crippen LogP contribution in [0.3, 0.4) is 0 Å². The Morgan fingerprint density at radius 3 is 2.21 bits per heavy atom. The molecule has 3 fully saturated rings. The molecular formula is C54H69ClN8O7S. The molecule has 4 amide bonds. The molecule has 0 spiro atoms. The third kappa shape index (κ3) is 12.0. The van der Waals surface area contributed by atoms with E-state index in [2.05, 4.69) is 64.5 Å². The van der Waals surface area contributed by atoms with Crippen LogP contribution in [0, 0.1) is 34.5 Å². The maximum atomic E-state index is 14.2. The number of nitrogens with zero attached hydrogens (tertiary/aromatic N) is 5. The highest BCUT2D eigenvalue weighted by Crippen LogP contribution is 2.55. The summed E-state index contributed by atoms with van der Waals surface area (Å²) < 4.78 is 12.4. The van der Waals surface area contributed by atoms with Crippen LogP contribution in [0.2, 0.25) is 5.02 Å². The predicted molar refractivity (Wildman–Crippen MR) is 276 cm³/mol. The summed E-state index contributed by atoms with van der Waals surface area (Å²) in [6.45, 7) is 23.1. The number of aryl methyl sites for hydroxylation is 1. The molecule has 2 aliphatic heterocycles. The Hall–Kier alpha value is -5.57. The van der Waals surface area contributed by atoms with E-state index in [0.717, 1.165) is 53.6 Å². The van der Waals surface area contributed by atoms with Crippen molar-refractivity contribution in [2.24, 2.45) is 16.2 Å². The molecule has 1 unspecified atom stereocenters. The zero-order chi connectivity index (χ0) is 51.6. The van der Waals surface area contributed by atoms with Crippen molar-refractivity contribution in [3.05, 3.63) is 99.6 Å². The number of aliphatic hydroxyl groups excluding tert-OH is 1. The second-order valence-electron chi connectivity index (χ2n) is 21.6. The van der Waals surface area contributed by atoms with Gasteiger partial charge in [-0.25, -0.2) is 4.98 Å². The van der Waals surface area contributed by atoms with Crippen molar-refractivity contribution < 1.29 is 33.8 Å². The number of piperazine rings is 1. The highest BCUT2D eigenvalue weighted by atomic mass is 35.5. The number of β-amino-alcohol motifs (C(OH)–C–C–N with tert-alkyl or cyclic N) is 1. The summed E-state index contributed by atoms with van der Waals surface area (Å²) in [4.78, 5) is 66.3. The summed E-state index contributed by atoms with van der Waals surface area (Å²) >= 11 is 7.84. The maximum Gasteiger partial charge on any atom is 0.251 e. The molecule has 380 valence electrons. The van der Waals surface area contributed by atoms with Gasteiger partial charge in [0.2, 0.25) is 17.7 Å². The number of anilines is 1. The monoisotopic (exact) mass is 1010 g/mol. The Bertz CT molecular complexity index is 2580. The fourth-order valence-corrected chi connectivity index (χ4v) is 11.7. The number of aliphatic hydroxyl groups is 1. The van der Waals surface area contributed by atoms with Crippen molar-refractivity contribution in [1.82, 2.24) is 30.7 Å². The lowest BCUT2D eigenvalue weighted by Crippen LogP contribution is -2.74. The Balaban J connectivity index is 0.846. The molecule has 71 heavy (non-hydrogen) atoms.